The largest absolute Gasteiger partial charge is 0.390 e. The summed E-state index contributed by atoms with van der Waals surface area (Å²) in [5, 5.41) is 27.2. The van der Waals surface area contributed by atoms with Crippen LogP contribution < -0.4 is 5.32 Å². The van der Waals surface area contributed by atoms with Gasteiger partial charge in [-0.25, -0.2) is 0 Å². The molecule has 0 amide bonds. The minimum absolute atomic E-state index is 0.0960. The van der Waals surface area contributed by atoms with E-state index < -0.39 is 18.5 Å². The number of aryl methyl sites for hydroxylation is 1. The molecule has 5 unspecified atom stereocenters. The number of hydrogen-bond donors (Lipinski definition) is 4. The lowest BCUT2D eigenvalue weighted by molar-refractivity contribution is -0.281. The van der Waals surface area contributed by atoms with Crippen molar-refractivity contribution in [2.75, 3.05) is 20.2 Å². The fourth-order valence-corrected chi connectivity index (χ4v) is 3.55. The summed E-state index contributed by atoms with van der Waals surface area (Å²) in [6.45, 7) is 6.97. The van der Waals surface area contributed by atoms with Crippen molar-refractivity contribution < 1.29 is 19.7 Å². The second-order valence-corrected chi connectivity index (χ2v) is 6.94. The van der Waals surface area contributed by atoms with E-state index in [1.165, 1.54) is 12.8 Å². The molecule has 25 heavy (non-hydrogen) atoms. The Morgan fingerprint density at radius 1 is 1.24 bits per heavy atom. The van der Waals surface area contributed by atoms with Crippen molar-refractivity contribution in [1.29, 1.82) is 0 Å². The minimum Gasteiger partial charge on any atom is -0.390 e. The molecule has 2 rings (SSSR count). The number of ether oxygens (including phenoxy) is 2. The molecule has 4 N–H and O–H groups in total. The average Bonchev–Trinajstić information content (AvgIpc) is 2.60. The second-order valence-electron chi connectivity index (χ2n) is 6.94. The normalized spacial score (nSPS) is 30.0. The number of aromatic amines is 1. The first kappa shape index (κ1) is 20.5. The highest BCUT2D eigenvalue weighted by Crippen LogP contribution is 2.31. The third-order valence-electron chi connectivity index (χ3n) is 5.02. The molecular formula is C18H35N3O4. The van der Waals surface area contributed by atoms with E-state index in [9.17, 15) is 10.2 Å². The van der Waals surface area contributed by atoms with E-state index in [1.807, 2.05) is 6.20 Å². The molecule has 1 saturated heterocycles. The van der Waals surface area contributed by atoms with Gasteiger partial charge in [0, 0.05) is 19.2 Å². The number of methoxy groups -OCH3 is 1. The van der Waals surface area contributed by atoms with Crippen molar-refractivity contribution in [2.24, 2.45) is 5.92 Å². The fraction of sp³-hybridized carbons (Fsp3) is 0.889. The first-order valence-corrected chi connectivity index (χ1v) is 9.60. The average molecular weight is 357 g/mol. The Morgan fingerprint density at radius 3 is 2.64 bits per heavy atom. The van der Waals surface area contributed by atoms with Crippen molar-refractivity contribution in [3.63, 3.8) is 0 Å². The Hall–Kier alpha value is -0.860. The van der Waals surface area contributed by atoms with Gasteiger partial charge >= 0.3 is 0 Å². The summed E-state index contributed by atoms with van der Waals surface area (Å²) in [6, 6.07) is 0. The van der Waals surface area contributed by atoms with Crippen LogP contribution in [0.4, 0.5) is 0 Å². The Morgan fingerprint density at radius 2 is 2.04 bits per heavy atom. The van der Waals surface area contributed by atoms with E-state index in [0.29, 0.717) is 6.54 Å². The van der Waals surface area contributed by atoms with E-state index in [4.69, 9.17) is 9.47 Å². The summed E-state index contributed by atoms with van der Waals surface area (Å²) in [5.41, 5.74) is 1.26. The van der Waals surface area contributed by atoms with Crippen molar-refractivity contribution in [2.45, 2.75) is 77.1 Å². The quantitative estimate of drug-likeness (QED) is 0.448. The molecule has 5 atom stereocenters. The maximum Gasteiger partial charge on any atom is 0.186 e. The Balaban J connectivity index is 1.91. The predicted octanol–water partition coefficient (Wildman–Crippen LogP) is 1.26. The number of aromatic nitrogens is 2. The summed E-state index contributed by atoms with van der Waals surface area (Å²) in [6.07, 6.45) is 4.25. The van der Waals surface area contributed by atoms with Crippen LogP contribution in [0.3, 0.4) is 0 Å². The smallest absolute Gasteiger partial charge is 0.186 e. The molecule has 1 aliphatic rings. The van der Waals surface area contributed by atoms with E-state index in [-0.39, 0.29) is 12.0 Å². The summed E-state index contributed by atoms with van der Waals surface area (Å²) >= 11 is 0. The zero-order valence-corrected chi connectivity index (χ0v) is 15.8. The van der Waals surface area contributed by atoms with Crippen LogP contribution in [0.5, 0.6) is 0 Å². The zero-order valence-electron chi connectivity index (χ0n) is 15.8. The number of rotatable bonds is 11. The topological polar surface area (TPSA) is 91.7 Å². The molecule has 146 valence electrons. The van der Waals surface area contributed by atoms with Gasteiger partial charge in [0.2, 0.25) is 0 Å². The van der Waals surface area contributed by atoms with Gasteiger partial charge in [0.05, 0.1) is 24.4 Å². The molecule has 7 nitrogen and oxygen atoms in total. The molecule has 1 fully saturated rings. The first-order valence-electron chi connectivity index (χ1n) is 9.60. The summed E-state index contributed by atoms with van der Waals surface area (Å²) < 4.78 is 13.2. The number of aliphatic hydroxyl groups excluding tert-OH is 2. The number of hydrogen-bond acceptors (Lipinski definition) is 5. The van der Waals surface area contributed by atoms with Crippen LogP contribution in [0.1, 0.15) is 45.2 Å². The van der Waals surface area contributed by atoms with Gasteiger partial charge in [0.15, 0.2) is 6.29 Å². The van der Waals surface area contributed by atoms with E-state index in [0.717, 1.165) is 45.2 Å². The van der Waals surface area contributed by atoms with E-state index in [1.54, 1.807) is 0 Å². The van der Waals surface area contributed by atoms with Gasteiger partial charge in [0.1, 0.15) is 6.10 Å². The molecule has 1 aliphatic heterocycles. The van der Waals surface area contributed by atoms with Crippen LogP contribution in [0.25, 0.3) is 0 Å². The van der Waals surface area contributed by atoms with Gasteiger partial charge in [-0.15, -0.1) is 0 Å². The first-order chi connectivity index (χ1) is 12.1. The number of nitrogens with one attached hydrogen (secondary N) is 2. The maximum atomic E-state index is 10.5. The summed E-state index contributed by atoms with van der Waals surface area (Å²) in [5.74, 6) is -0.0960. The van der Waals surface area contributed by atoms with Gasteiger partial charge in [0.25, 0.3) is 0 Å². The number of H-pyrrole nitrogens is 1. The third kappa shape index (κ3) is 5.31. The van der Waals surface area contributed by atoms with Crippen molar-refractivity contribution in [3.8, 4) is 0 Å². The molecule has 0 saturated carbocycles. The molecule has 2 heterocycles. The SMILES string of the molecule is CCCNCCCc1c[nH]n1CC1OC(OC)C(O)C(O)C1CCC. The highest BCUT2D eigenvalue weighted by Gasteiger charge is 2.44. The zero-order chi connectivity index (χ0) is 18.2. The molecule has 1 aromatic heterocycles. The molecule has 0 aliphatic carbocycles. The summed E-state index contributed by atoms with van der Waals surface area (Å²) in [7, 11) is 1.49. The van der Waals surface area contributed by atoms with Crippen LogP contribution in [-0.2, 0) is 22.4 Å². The summed E-state index contributed by atoms with van der Waals surface area (Å²) in [4.78, 5) is 0. The molecular weight excluding hydrogens is 322 g/mol. The Labute approximate surface area is 150 Å². The van der Waals surface area contributed by atoms with Crippen LogP contribution >= 0.6 is 0 Å². The standard InChI is InChI=1S/C18H35N3O4/c1-4-7-14-15(25-18(24-3)17(23)16(14)22)12-21-13(11-20-21)8-6-10-19-9-5-2/h11,14-20,22-23H,4-10,12H2,1-3H3. The fourth-order valence-electron chi connectivity index (χ4n) is 3.55. The lowest BCUT2D eigenvalue weighted by atomic mass is 9.85. The molecule has 0 radical (unpaired) electrons. The van der Waals surface area contributed by atoms with Gasteiger partial charge in [-0.2, -0.15) is 0 Å². The second kappa shape index (κ2) is 10.3. The van der Waals surface area contributed by atoms with Crippen molar-refractivity contribution in [3.05, 3.63) is 11.9 Å². The molecule has 1 aromatic rings. The number of aliphatic hydroxyl groups is 2. The highest BCUT2D eigenvalue weighted by atomic mass is 16.7. The molecule has 0 bridgehead atoms. The predicted molar refractivity (Wildman–Crippen MR) is 96.3 cm³/mol. The molecule has 7 heteroatoms. The van der Waals surface area contributed by atoms with Crippen LogP contribution in [-0.4, -0.2) is 64.8 Å². The number of nitrogens with zero attached hydrogens (tertiary/aromatic N) is 1. The van der Waals surface area contributed by atoms with Crippen molar-refractivity contribution >= 4 is 0 Å². The third-order valence-corrected chi connectivity index (χ3v) is 5.02. The lowest BCUT2D eigenvalue weighted by Gasteiger charge is -2.43. The minimum atomic E-state index is -0.998. The lowest BCUT2D eigenvalue weighted by Crippen LogP contribution is -2.56. The Bertz CT molecular complexity index is 476. The monoisotopic (exact) mass is 357 g/mol. The Kier molecular flexibility index (Phi) is 8.45. The van der Waals surface area contributed by atoms with Gasteiger partial charge in [-0.1, -0.05) is 20.3 Å². The van der Waals surface area contributed by atoms with Crippen LogP contribution in [0.2, 0.25) is 0 Å². The maximum absolute atomic E-state index is 10.5. The molecule has 0 spiro atoms. The van der Waals surface area contributed by atoms with Crippen LogP contribution in [0.15, 0.2) is 6.20 Å². The van der Waals surface area contributed by atoms with E-state index in [2.05, 4.69) is 28.9 Å². The van der Waals surface area contributed by atoms with Gasteiger partial charge in [-0.05, 0) is 38.8 Å². The van der Waals surface area contributed by atoms with Crippen molar-refractivity contribution in [1.82, 2.24) is 15.1 Å². The van der Waals surface area contributed by atoms with Gasteiger partial charge in [-0.3, -0.25) is 4.68 Å². The molecule has 0 aromatic carbocycles. The van der Waals surface area contributed by atoms with Crippen LogP contribution in [0, 0.1) is 5.92 Å². The highest BCUT2D eigenvalue weighted by molar-refractivity contribution is 5.00. The van der Waals surface area contributed by atoms with Gasteiger partial charge < -0.3 is 30.1 Å². The van der Waals surface area contributed by atoms with E-state index >= 15 is 0 Å².